The molecule has 4 nitrogen and oxygen atoms in total. The van der Waals surface area contributed by atoms with Gasteiger partial charge in [0.25, 0.3) is 5.92 Å². The van der Waals surface area contributed by atoms with E-state index in [4.69, 9.17) is 5.26 Å². The lowest BCUT2D eigenvalue weighted by Crippen LogP contribution is -2.48. The second-order valence-corrected chi connectivity index (χ2v) is 3.34. The number of rotatable bonds is 1. The molecule has 0 N–H and O–H groups in total. The number of ether oxygens (including phenoxy) is 1. The van der Waals surface area contributed by atoms with E-state index in [1.54, 1.807) is 6.92 Å². The summed E-state index contributed by atoms with van der Waals surface area (Å²) in [4.78, 5) is 12.4. The number of hydrogen-bond donors (Lipinski definition) is 0. The first-order valence-electron chi connectivity index (χ1n) is 4.70. The van der Waals surface area contributed by atoms with Crippen molar-refractivity contribution in [2.45, 2.75) is 19.3 Å². The summed E-state index contributed by atoms with van der Waals surface area (Å²) in [6.07, 6.45) is -1.11. The van der Waals surface area contributed by atoms with Crippen molar-refractivity contribution in [3.8, 4) is 6.07 Å². The van der Waals surface area contributed by atoms with E-state index in [0.717, 1.165) is 4.90 Å². The normalized spacial score (nSPS) is 24.4. The molecule has 0 bridgehead atoms. The van der Waals surface area contributed by atoms with E-state index in [2.05, 4.69) is 4.74 Å². The van der Waals surface area contributed by atoms with Crippen LogP contribution in [0.15, 0.2) is 0 Å². The van der Waals surface area contributed by atoms with Gasteiger partial charge in [-0.05, 0) is 6.92 Å². The largest absolute Gasteiger partial charge is 0.450 e. The average Bonchev–Trinajstić information content (AvgIpc) is 2.17. The number of amides is 1. The third kappa shape index (κ3) is 2.55. The SMILES string of the molecule is CCOC(=O)N1CCC(F)(F)C(C#N)C1. The highest BCUT2D eigenvalue weighted by Gasteiger charge is 2.45. The predicted octanol–water partition coefficient (Wildman–Crippen LogP) is 1.62. The second-order valence-electron chi connectivity index (χ2n) is 3.34. The van der Waals surface area contributed by atoms with Crippen molar-refractivity contribution in [2.75, 3.05) is 19.7 Å². The van der Waals surface area contributed by atoms with E-state index in [1.165, 1.54) is 6.07 Å². The van der Waals surface area contributed by atoms with Gasteiger partial charge in [-0.15, -0.1) is 0 Å². The lowest BCUT2D eigenvalue weighted by Gasteiger charge is -2.34. The summed E-state index contributed by atoms with van der Waals surface area (Å²) >= 11 is 0. The molecule has 1 rings (SSSR count). The Morgan fingerprint density at radius 2 is 2.40 bits per heavy atom. The maximum Gasteiger partial charge on any atom is 0.409 e. The molecule has 1 heterocycles. The van der Waals surface area contributed by atoms with E-state index in [0.29, 0.717) is 0 Å². The van der Waals surface area contributed by atoms with Crippen molar-refractivity contribution in [3.05, 3.63) is 0 Å². The van der Waals surface area contributed by atoms with Crippen molar-refractivity contribution in [3.63, 3.8) is 0 Å². The summed E-state index contributed by atoms with van der Waals surface area (Å²) in [6.45, 7) is 1.51. The Hall–Kier alpha value is -1.38. The van der Waals surface area contributed by atoms with Gasteiger partial charge in [-0.2, -0.15) is 5.26 Å². The van der Waals surface area contributed by atoms with Crippen molar-refractivity contribution in [1.82, 2.24) is 4.90 Å². The Labute approximate surface area is 86.4 Å². The minimum atomic E-state index is -3.00. The molecule has 0 radical (unpaired) electrons. The third-order valence-electron chi connectivity index (χ3n) is 2.31. The Morgan fingerprint density at radius 3 is 2.93 bits per heavy atom. The zero-order valence-electron chi connectivity index (χ0n) is 8.37. The van der Waals surface area contributed by atoms with Crippen molar-refractivity contribution < 1.29 is 18.3 Å². The zero-order chi connectivity index (χ0) is 11.5. The Kier molecular flexibility index (Phi) is 3.45. The molecule has 0 saturated carbocycles. The summed E-state index contributed by atoms with van der Waals surface area (Å²) in [5.41, 5.74) is 0. The fraction of sp³-hybridized carbons (Fsp3) is 0.778. The van der Waals surface area contributed by atoms with E-state index in [1.807, 2.05) is 0 Å². The molecule has 15 heavy (non-hydrogen) atoms. The van der Waals surface area contributed by atoms with Gasteiger partial charge in [-0.1, -0.05) is 0 Å². The van der Waals surface area contributed by atoms with Crippen LogP contribution in [-0.2, 0) is 4.74 Å². The Balaban J connectivity index is 2.62. The molecule has 0 aliphatic carbocycles. The molecule has 1 aliphatic heterocycles. The van der Waals surface area contributed by atoms with Gasteiger partial charge in [-0.25, -0.2) is 13.6 Å². The molecule has 1 fully saturated rings. The van der Waals surface area contributed by atoms with E-state index < -0.39 is 24.4 Å². The number of alkyl halides is 2. The van der Waals surface area contributed by atoms with Gasteiger partial charge in [0.15, 0.2) is 0 Å². The van der Waals surface area contributed by atoms with Crippen LogP contribution in [0.3, 0.4) is 0 Å². The summed E-state index contributed by atoms with van der Waals surface area (Å²) in [6, 6.07) is 1.52. The molecule has 0 aromatic carbocycles. The quantitative estimate of drug-likeness (QED) is 0.672. The first-order chi connectivity index (χ1) is 7.01. The predicted molar refractivity (Wildman–Crippen MR) is 47.3 cm³/mol. The highest BCUT2D eigenvalue weighted by molar-refractivity contribution is 5.67. The van der Waals surface area contributed by atoms with Crippen LogP contribution in [0.2, 0.25) is 0 Å². The summed E-state index contributed by atoms with van der Waals surface area (Å²) < 4.78 is 30.9. The van der Waals surface area contributed by atoms with Crippen LogP contribution < -0.4 is 0 Å². The molecule has 1 saturated heterocycles. The smallest absolute Gasteiger partial charge is 0.409 e. The number of halogens is 2. The molecular weight excluding hydrogens is 206 g/mol. The molecule has 6 heteroatoms. The van der Waals surface area contributed by atoms with E-state index in [9.17, 15) is 13.6 Å². The van der Waals surface area contributed by atoms with Crippen LogP contribution in [0.4, 0.5) is 13.6 Å². The van der Waals surface area contributed by atoms with Crippen LogP contribution in [0.1, 0.15) is 13.3 Å². The standard InChI is InChI=1S/C9H12F2N2O2/c1-2-15-8(14)13-4-3-9(10,11)7(5-12)6-13/h7H,2-4,6H2,1H3. The van der Waals surface area contributed by atoms with Crippen LogP contribution in [0, 0.1) is 17.2 Å². The summed E-state index contributed by atoms with van der Waals surface area (Å²) in [5, 5.41) is 8.55. The molecule has 1 aliphatic rings. The number of nitrogens with zero attached hydrogens (tertiary/aromatic N) is 2. The monoisotopic (exact) mass is 218 g/mol. The van der Waals surface area contributed by atoms with Crippen LogP contribution in [0.25, 0.3) is 0 Å². The number of carbonyl (C=O) groups is 1. The molecule has 1 amide bonds. The molecule has 1 unspecified atom stereocenters. The lowest BCUT2D eigenvalue weighted by molar-refractivity contribution is -0.0816. The maximum atomic E-state index is 13.1. The fourth-order valence-electron chi connectivity index (χ4n) is 1.42. The van der Waals surface area contributed by atoms with Gasteiger partial charge in [-0.3, -0.25) is 0 Å². The highest BCUT2D eigenvalue weighted by atomic mass is 19.3. The molecular formula is C9H12F2N2O2. The van der Waals surface area contributed by atoms with Crippen molar-refractivity contribution in [1.29, 1.82) is 5.26 Å². The fourth-order valence-corrected chi connectivity index (χ4v) is 1.42. The molecule has 0 aromatic rings. The number of nitriles is 1. The van der Waals surface area contributed by atoms with E-state index in [-0.39, 0.29) is 19.7 Å². The van der Waals surface area contributed by atoms with Gasteiger partial charge in [0.05, 0.1) is 12.7 Å². The van der Waals surface area contributed by atoms with Gasteiger partial charge in [0, 0.05) is 19.5 Å². The molecule has 1 atom stereocenters. The van der Waals surface area contributed by atoms with Gasteiger partial charge < -0.3 is 9.64 Å². The Morgan fingerprint density at radius 1 is 1.73 bits per heavy atom. The number of carbonyl (C=O) groups excluding carboxylic acids is 1. The summed E-state index contributed by atoms with van der Waals surface area (Å²) in [5.74, 6) is -4.44. The average molecular weight is 218 g/mol. The highest BCUT2D eigenvalue weighted by Crippen LogP contribution is 2.33. The third-order valence-corrected chi connectivity index (χ3v) is 2.31. The van der Waals surface area contributed by atoms with Gasteiger partial charge in [0.2, 0.25) is 0 Å². The van der Waals surface area contributed by atoms with Crippen molar-refractivity contribution >= 4 is 6.09 Å². The summed E-state index contributed by atoms with van der Waals surface area (Å²) in [7, 11) is 0. The zero-order valence-corrected chi connectivity index (χ0v) is 8.37. The first-order valence-corrected chi connectivity index (χ1v) is 4.70. The number of likely N-dealkylation sites (tertiary alicyclic amines) is 1. The second kappa shape index (κ2) is 4.43. The maximum absolute atomic E-state index is 13.1. The van der Waals surface area contributed by atoms with Gasteiger partial charge in [0.1, 0.15) is 5.92 Å². The van der Waals surface area contributed by atoms with Crippen LogP contribution >= 0.6 is 0 Å². The van der Waals surface area contributed by atoms with Crippen molar-refractivity contribution in [2.24, 2.45) is 5.92 Å². The molecule has 0 aromatic heterocycles. The van der Waals surface area contributed by atoms with Gasteiger partial charge >= 0.3 is 6.09 Å². The van der Waals surface area contributed by atoms with Crippen LogP contribution in [-0.4, -0.2) is 36.6 Å². The minimum Gasteiger partial charge on any atom is -0.450 e. The number of hydrogen-bond acceptors (Lipinski definition) is 3. The minimum absolute atomic E-state index is 0.0655. The Bertz CT molecular complexity index is 288. The lowest BCUT2D eigenvalue weighted by atomic mass is 9.95. The first kappa shape index (κ1) is 11.7. The topological polar surface area (TPSA) is 53.3 Å². The molecule has 84 valence electrons. The van der Waals surface area contributed by atoms with Crippen LogP contribution in [0.5, 0.6) is 0 Å². The van der Waals surface area contributed by atoms with E-state index >= 15 is 0 Å². The number of piperidine rings is 1. The molecule has 0 spiro atoms.